The van der Waals surface area contributed by atoms with Crippen molar-refractivity contribution in [3.05, 3.63) is 69.8 Å². The van der Waals surface area contributed by atoms with Crippen molar-refractivity contribution < 1.29 is 19.1 Å². The largest absolute Gasteiger partial charge is 0.458 e. The molecule has 0 fully saturated rings. The number of esters is 2. The van der Waals surface area contributed by atoms with Gasteiger partial charge in [0.1, 0.15) is 12.7 Å². The minimum atomic E-state index is -0.529. The Bertz CT molecular complexity index is 978. The Labute approximate surface area is 225 Å². The van der Waals surface area contributed by atoms with Crippen LogP contribution in [0.1, 0.15) is 129 Å². The molecule has 0 bridgehead atoms. The highest BCUT2D eigenvalue weighted by Crippen LogP contribution is 2.20. The fraction of sp³-hybridized carbons (Fsp3) is 0.576. The lowest BCUT2D eigenvalue weighted by molar-refractivity contribution is 0.00434. The maximum absolute atomic E-state index is 13.0. The molecule has 2 rings (SSSR count). The van der Waals surface area contributed by atoms with Gasteiger partial charge >= 0.3 is 11.9 Å². The SMILES string of the molecule is CCCCCCc1cc(CC)ccc1C(=O)OCC(C)OC(=O)c1ccc(CC)cc1CCCCCC. The molecule has 1 unspecified atom stereocenters. The molecule has 4 heteroatoms. The number of rotatable bonds is 17. The smallest absolute Gasteiger partial charge is 0.338 e. The molecule has 0 aliphatic rings. The van der Waals surface area contributed by atoms with Gasteiger partial charge in [-0.2, -0.15) is 0 Å². The Balaban J connectivity index is 2.00. The summed E-state index contributed by atoms with van der Waals surface area (Å²) in [6, 6.07) is 12.0. The van der Waals surface area contributed by atoms with Crippen molar-refractivity contribution in [2.75, 3.05) is 6.61 Å². The van der Waals surface area contributed by atoms with Crippen molar-refractivity contribution in [2.45, 2.75) is 118 Å². The molecule has 37 heavy (non-hydrogen) atoms. The van der Waals surface area contributed by atoms with Crippen LogP contribution < -0.4 is 0 Å². The van der Waals surface area contributed by atoms with Crippen LogP contribution in [-0.4, -0.2) is 24.6 Å². The van der Waals surface area contributed by atoms with Gasteiger partial charge in [-0.1, -0.05) is 90.5 Å². The van der Waals surface area contributed by atoms with Gasteiger partial charge in [-0.15, -0.1) is 0 Å². The van der Waals surface area contributed by atoms with Gasteiger partial charge in [-0.3, -0.25) is 0 Å². The summed E-state index contributed by atoms with van der Waals surface area (Å²) >= 11 is 0. The predicted octanol–water partition coefficient (Wildman–Crippen LogP) is 8.46. The topological polar surface area (TPSA) is 52.6 Å². The first-order valence-corrected chi connectivity index (χ1v) is 14.5. The molecule has 0 saturated carbocycles. The maximum Gasteiger partial charge on any atom is 0.338 e. The minimum absolute atomic E-state index is 0.0360. The molecule has 0 radical (unpaired) electrons. The number of benzene rings is 2. The third kappa shape index (κ3) is 10.3. The third-order valence-electron chi connectivity index (χ3n) is 6.95. The summed E-state index contributed by atoms with van der Waals surface area (Å²) in [7, 11) is 0. The molecule has 0 N–H and O–H groups in total. The molecule has 1 atom stereocenters. The molecule has 0 amide bonds. The van der Waals surface area contributed by atoms with Gasteiger partial charge in [0.25, 0.3) is 0 Å². The second kappa shape index (κ2) is 17.0. The number of hydrogen-bond acceptors (Lipinski definition) is 4. The van der Waals surface area contributed by atoms with Gasteiger partial charge in [-0.25, -0.2) is 9.59 Å². The molecular formula is C33H48O4. The van der Waals surface area contributed by atoms with Crippen molar-refractivity contribution in [2.24, 2.45) is 0 Å². The summed E-state index contributed by atoms with van der Waals surface area (Å²) in [4.78, 5) is 26.0. The quantitative estimate of drug-likeness (QED) is 0.159. The van der Waals surface area contributed by atoms with Crippen molar-refractivity contribution in [3.63, 3.8) is 0 Å². The summed E-state index contributed by atoms with van der Waals surface area (Å²) in [5.41, 5.74) is 5.79. The van der Waals surface area contributed by atoms with E-state index in [1.165, 1.54) is 36.8 Å². The number of carbonyl (C=O) groups is 2. The maximum atomic E-state index is 13.0. The second-order valence-corrected chi connectivity index (χ2v) is 10.1. The summed E-state index contributed by atoms with van der Waals surface area (Å²) < 4.78 is 11.3. The van der Waals surface area contributed by atoms with E-state index < -0.39 is 6.10 Å². The second-order valence-electron chi connectivity index (χ2n) is 10.1. The molecule has 0 heterocycles. The van der Waals surface area contributed by atoms with Crippen LogP contribution in [0.15, 0.2) is 36.4 Å². The van der Waals surface area contributed by atoms with Crippen LogP contribution in [0.4, 0.5) is 0 Å². The van der Waals surface area contributed by atoms with Gasteiger partial charge in [-0.05, 0) is 79.8 Å². The normalized spacial score (nSPS) is 11.8. The van der Waals surface area contributed by atoms with Crippen LogP contribution in [0.5, 0.6) is 0 Å². The molecular weight excluding hydrogens is 460 g/mol. The summed E-state index contributed by atoms with van der Waals surface area (Å²) in [6.07, 6.45) is 12.3. The summed E-state index contributed by atoms with van der Waals surface area (Å²) in [5.74, 6) is -0.694. The fourth-order valence-electron chi connectivity index (χ4n) is 4.58. The number of hydrogen-bond donors (Lipinski definition) is 0. The molecule has 4 nitrogen and oxygen atoms in total. The fourth-order valence-corrected chi connectivity index (χ4v) is 4.58. The Hall–Kier alpha value is -2.62. The lowest BCUT2D eigenvalue weighted by Crippen LogP contribution is -2.23. The molecule has 0 saturated heterocycles. The van der Waals surface area contributed by atoms with Crippen LogP contribution >= 0.6 is 0 Å². The van der Waals surface area contributed by atoms with E-state index in [-0.39, 0.29) is 18.5 Å². The summed E-state index contributed by atoms with van der Waals surface area (Å²) in [5, 5.41) is 0. The molecule has 0 aromatic heterocycles. The first-order chi connectivity index (χ1) is 17.9. The van der Waals surface area contributed by atoms with Gasteiger partial charge < -0.3 is 9.47 Å². The molecule has 2 aromatic rings. The number of ether oxygens (including phenoxy) is 2. The highest BCUT2D eigenvalue weighted by molar-refractivity contribution is 5.92. The van der Waals surface area contributed by atoms with E-state index in [0.717, 1.165) is 62.5 Å². The van der Waals surface area contributed by atoms with Gasteiger partial charge in [0, 0.05) is 0 Å². The number of aryl methyl sites for hydroxylation is 4. The molecule has 0 aliphatic carbocycles. The zero-order chi connectivity index (χ0) is 27.0. The minimum Gasteiger partial charge on any atom is -0.458 e. The monoisotopic (exact) mass is 508 g/mol. The van der Waals surface area contributed by atoms with E-state index in [4.69, 9.17) is 9.47 Å². The highest BCUT2D eigenvalue weighted by atomic mass is 16.6. The van der Waals surface area contributed by atoms with E-state index >= 15 is 0 Å². The standard InChI is InChI=1S/C33H48O4/c1-6-10-12-14-16-28-22-26(8-3)18-20-30(28)32(34)36-24-25(5)37-33(35)31-21-19-27(9-4)23-29(31)17-15-13-11-7-2/h18-23,25H,6-17,24H2,1-5H3. The first kappa shape index (κ1) is 30.6. The number of unbranched alkanes of at least 4 members (excludes halogenated alkanes) is 6. The molecule has 2 aromatic carbocycles. The van der Waals surface area contributed by atoms with Gasteiger partial charge in [0.05, 0.1) is 11.1 Å². The third-order valence-corrected chi connectivity index (χ3v) is 6.95. The van der Waals surface area contributed by atoms with Crippen LogP contribution in [0.2, 0.25) is 0 Å². The van der Waals surface area contributed by atoms with E-state index in [9.17, 15) is 9.59 Å². The lowest BCUT2D eigenvalue weighted by atomic mass is 9.97. The molecule has 204 valence electrons. The van der Waals surface area contributed by atoms with Crippen molar-refractivity contribution in [3.8, 4) is 0 Å². The highest BCUT2D eigenvalue weighted by Gasteiger charge is 2.19. The summed E-state index contributed by atoms with van der Waals surface area (Å²) in [6.45, 7) is 10.5. The lowest BCUT2D eigenvalue weighted by Gasteiger charge is -2.17. The van der Waals surface area contributed by atoms with Crippen molar-refractivity contribution in [1.29, 1.82) is 0 Å². The Morgan fingerprint density at radius 1 is 0.676 bits per heavy atom. The Morgan fingerprint density at radius 2 is 1.16 bits per heavy atom. The zero-order valence-electron chi connectivity index (χ0n) is 23.9. The van der Waals surface area contributed by atoms with Crippen LogP contribution in [0.3, 0.4) is 0 Å². The van der Waals surface area contributed by atoms with E-state index in [1.807, 2.05) is 24.3 Å². The number of carbonyl (C=O) groups excluding carboxylic acids is 2. The molecule has 0 aliphatic heterocycles. The Morgan fingerprint density at radius 3 is 1.62 bits per heavy atom. The van der Waals surface area contributed by atoms with Crippen LogP contribution in [0, 0.1) is 0 Å². The zero-order valence-corrected chi connectivity index (χ0v) is 23.9. The van der Waals surface area contributed by atoms with E-state index in [2.05, 4.69) is 39.8 Å². The van der Waals surface area contributed by atoms with Gasteiger partial charge in [0.15, 0.2) is 0 Å². The van der Waals surface area contributed by atoms with Crippen LogP contribution in [0.25, 0.3) is 0 Å². The van der Waals surface area contributed by atoms with Crippen molar-refractivity contribution >= 4 is 11.9 Å². The van der Waals surface area contributed by atoms with E-state index in [1.54, 1.807) is 6.92 Å². The van der Waals surface area contributed by atoms with Gasteiger partial charge in [0.2, 0.25) is 0 Å². The average Bonchev–Trinajstić information content (AvgIpc) is 2.91. The predicted molar refractivity (Wildman–Crippen MR) is 152 cm³/mol. The molecule has 0 spiro atoms. The van der Waals surface area contributed by atoms with Crippen LogP contribution in [-0.2, 0) is 35.2 Å². The van der Waals surface area contributed by atoms with E-state index in [0.29, 0.717) is 11.1 Å². The first-order valence-electron chi connectivity index (χ1n) is 14.5. The Kier molecular flexibility index (Phi) is 14.1. The average molecular weight is 509 g/mol. The van der Waals surface area contributed by atoms with Crippen molar-refractivity contribution in [1.82, 2.24) is 0 Å².